The first kappa shape index (κ1) is 31.6. The van der Waals surface area contributed by atoms with Crippen molar-refractivity contribution in [3.8, 4) is 0 Å². The minimum atomic E-state index is -5.08. The van der Waals surface area contributed by atoms with E-state index in [4.69, 9.17) is 24.5 Å². The Kier molecular flexibility index (Phi) is 11.2. The molecule has 0 bridgehead atoms. The zero-order valence-corrected chi connectivity index (χ0v) is 21.3. The maximum absolute atomic E-state index is 10.6. The summed E-state index contributed by atoms with van der Waals surface area (Å²) < 4.78 is 72.0. The predicted molar refractivity (Wildman–Crippen MR) is 126 cm³/mol. The second kappa shape index (κ2) is 13.4. The van der Waals surface area contributed by atoms with Gasteiger partial charge < -0.3 is 19.5 Å². The smallest absolute Gasteiger partial charge is 0.475 e. The number of hydrogen-bond acceptors (Lipinski definition) is 6. The van der Waals surface area contributed by atoms with Gasteiger partial charge in [-0.15, -0.1) is 11.3 Å². The molecular weight excluding hydrogens is 544 g/mol. The van der Waals surface area contributed by atoms with E-state index in [-0.39, 0.29) is 5.60 Å². The van der Waals surface area contributed by atoms with Crippen LogP contribution in [0.1, 0.15) is 23.4 Å². The summed E-state index contributed by atoms with van der Waals surface area (Å²) in [6.07, 6.45) is -5.73. The molecule has 0 saturated carbocycles. The molecule has 0 unspecified atom stereocenters. The minimum Gasteiger partial charge on any atom is -0.475 e. The molecule has 2 aromatic heterocycles. The molecule has 8 nitrogen and oxygen atoms in total. The molecule has 2 fully saturated rings. The van der Waals surface area contributed by atoms with Crippen LogP contribution >= 0.6 is 11.3 Å². The van der Waals surface area contributed by atoms with Crippen LogP contribution in [0.2, 0.25) is 0 Å². The molecule has 0 amide bonds. The maximum atomic E-state index is 10.6. The number of aliphatic carboxylic acids is 2. The summed E-state index contributed by atoms with van der Waals surface area (Å²) in [7, 11) is 2.13. The lowest BCUT2D eigenvalue weighted by Gasteiger charge is -2.47. The number of nitrogens with zero attached hydrogens (tertiary/aromatic N) is 3. The fourth-order valence-corrected chi connectivity index (χ4v) is 4.74. The molecule has 2 aliphatic rings. The molecule has 0 radical (unpaired) electrons. The largest absolute Gasteiger partial charge is 0.490 e. The van der Waals surface area contributed by atoms with Crippen molar-refractivity contribution in [3.05, 3.63) is 46.4 Å². The Balaban J connectivity index is 0.000000301. The van der Waals surface area contributed by atoms with Crippen LogP contribution in [0.4, 0.5) is 26.3 Å². The zero-order valence-electron chi connectivity index (χ0n) is 20.5. The molecule has 15 heteroatoms. The fourth-order valence-electron chi connectivity index (χ4n) is 3.99. The van der Waals surface area contributed by atoms with Gasteiger partial charge in [-0.05, 0) is 36.4 Å². The third-order valence-corrected chi connectivity index (χ3v) is 6.84. The highest BCUT2D eigenvalue weighted by Gasteiger charge is 2.40. The van der Waals surface area contributed by atoms with Gasteiger partial charge in [0.2, 0.25) is 0 Å². The Morgan fingerprint density at radius 2 is 1.53 bits per heavy atom. The van der Waals surface area contributed by atoms with Crippen molar-refractivity contribution >= 4 is 23.3 Å². The lowest BCUT2D eigenvalue weighted by Crippen LogP contribution is -2.56. The van der Waals surface area contributed by atoms with Crippen LogP contribution in [0.3, 0.4) is 0 Å². The molecule has 0 aromatic carbocycles. The lowest BCUT2D eigenvalue weighted by molar-refractivity contribution is -0.193. The normalized spacial score (nSPS) is 18.2. The van der Waals surface area contributed by atoms with Gasteiger partial charge in [0.05, 0.1) is 12.2 Å². The van der Waals surface area contributed by atoms with E-state index in [1.54, 1.807) is 0 Å². The van der Waals surface area contributed by atoms with Gasteiger partial charge in [0.15, 0.2) is 0 Å². The van der Waals surface area contributed by atoms with Crippen molar-refractivity contribution in [2.45, 2.75) is 43.9 Å². The first-order valence-corrected chi connectivity index (χ1v) is 12.3. The topological polar surface area (TPSA) is 95.2 Å². The highest BCUT2D eigenvalue weighted by Crippen LogP contribution is 2.31. The number of carboxylic acids is 2. The van der Waals surface area contributed by atoms with Crippen LogP contribution in [-0.2, 0) is 34.5 Å². The quantitative estimate of drug-likeness (QED) is 0.529. The van der Waals surface area contributed by atoms with Crippen molar-refractivity contribution in [2.24, 2.45) is 7.05 Å². The Labute approximate surface area is 219 Å². The zero-order chi connectivity index (χ0) is 28.6. The maximum Gasteiger partial charge on any atom is 0.490 e. The van der Waals surface area contributed by atoms with Crippen LogP contribution in [0.5, 0.6) is 0 Å². The first-order chi connectivity index (χ1) is 17.6. The van der Waals surface area contributed by atoms with Gasteiger partial charge >= 0.3 is 24.3 Å². The number of carbonyl (C=O) groups is 2. The number of piperidine rings is 1. The van der Waals surface area contributed by atoms with E-state index in [1.807, 2.05) is 11.3 Å². The number of rotatable bonds is 4. The van der Waals surface area contributed by atoms with Gasteiger partial charge in [0, 0.05) is 63.1 Å². The summed E-state index contributed by atoms with van der Waals surface area (Å²) in [5.74, 6) is -5.51. The first-order valence-electron chi connectivity index (χ1n) is 11.4. The number of aryl methyl sites for hydroxylation is 1. The number of ether oxygens (including phenoxy) is 1. The van der Waals surface area contributed by atoms with Crippen molar-refractivity contribution in [1.29, 1.82) is 0 Å². The number of carboxylic acid groups (broad SMARTS) is 2. The number of morpholine rings is 1. The van der Waals surface area contributed by atoms with Crippen molar-refractivity contribution in [2.75, 3.05) is 32.8 Å². The van der Waals surface area contributed by atoms with Crippen molar-refractivity contribution in [1.82, 2.24) is 14.4 Å². The molecule has 0 aliphatic carbocycles. The number of aromatic nitrogens is 1. The summed E-state index contributed by atoms with van der Waals surface area (Å²) >= 11 is 1.86. The summed E-state index contributed by atoms with van der Waals surface area (Å²) in [5.41, 5.74) is 1.48. The standard InChI is InChI=1S/C19H27N3OS.2C2HF3O2/c1-20-8-2-4-17(20)14-21-9-6-19(7-10-21)16-22(11-12-23-19)15-18-5-3-13-24-18;2*3-2(4,5)1(6)7/h2-5,8,13H,6-7,9-12,14-16H2,1H3;2*(H,6,7). The third kappa shape index (κ3) is 10.3. The number of hydrogen-bond donors (Lipinski definition) is 2. The molecule has 1 spiro atoms. The van der Waals surface area contributed by atoms with E-state index in [0.717, 1.165) is 58.7 Å². The van der Waals surface area contributed by atoms with E-state index >= 15 is 0 Å². The van der Waals surface area contributed by atoms with Crippen LogP contribution in [0.15, 0.2) is 35.8 Å². The van der Waals surface area contributed by atoms with Gasteiger partial charge in [-0.25, -0.2) is 9.59 Å². The molecule has 4 rings (SSSR count). The van der Waals surface area contributed by atoms with Crippen LogP contribution in [0.25, 0.3) is 0 Å². The molecule has 2 saturated heterocycles. The average Bonchev–Trinajstić information content (AvgIpc) is 3.47. The third-order valence-electron chi connectivity index (χ3n) is 5.98. The second-order valence-electron chi connectivity index (χ2n) is 8.81. The van der Waals surface area contributed by atoms with Crippen LogP contribution in [0, 0.1) is 0 Å². The van der Waals surface area contributed by atoms with Gasteiger partial charge in [-0.1, -0.05) is 6.07 Å². The summed E-state index contributed by atoms with van der Waals surface area (Å²) in [4.78, 5) is 24.4. The molecule has 2 aliphatic heterocycles. The van der Waals surface area contributed by atoms with E-state index in [9.17, 15) is 26.3 Å². The number of halogens is 6. The van der Waals surface area contributed by atoms with Gasteiger partial charge in [0.1, 0.15) is 0 Å². The molecule has 2 aromatic rings. The molecular formula is C23H29F6N3O5S. The Morgan fingerprint density at radius 1 is 0.947 bits per heavy atom. The lowest BCUT2D eigenvalue weighted by atomic mass is 9.89. The van der Waals surface area contributed by atoms with Gasteiger partial charge in [-0.2, -0.15) is 26.3 Å². The van der Waals surface area contributed by atoms with Crippen LogP contribution in [-0.4, -0.2) is 87.3 Å². The number of thiophene rings is 1. The Hall–Kier alpha value is -2.62. The van der Waals surface area contributed by atoms with E-state index < -0.39 is 24.3 Å². The predicted octanol–water partition coefficient (Wildman–Crippen LogP) is 4.22. The van der Waals surface area contributed by atoms with Crippen molar-refractivity contribution < 1.29 is 50.9 Å². The van der Waals surface area contributed by atoms with E-state index in [1.165, 1.54) is 10.6 Å². The average molecular weight is 574 g/mol. The van der Waals surface area contributed by atoms with Crippen LogP contribution < -0.4 is 0 Å². The molecule has 0 atom stereocenters. The summed E-state index contributed by atoms with van der Waals surface area (Å²) in [5, 5.41) is 16.4. The van der Waals surface area contributed by atoms with E-state index in [0.29, 0.717) is 0 Å². The highest BCUT2D eigenvalue weighted by molar-refractivity contribution is 7.09. The molecule has 38 heavy (non-hydrogen) atoms. The second-order valence-corrected chi connectivity index (χ2v) is 9.85. The fraction of sp³-hybridized carbons (Fsp3) is 0.565. The molecule has 2 N–H and O–H groups in total. The SMILES string of the molecule is Cn1cccc1CN1CCC2(CC1)CN(Cc1cccs1)CCO2.O=C(O)C(F)(F)F.O=C(O)C(F)(F)F. The minimum absolute atomic E-state index is 0.0835. The van der Waals surface area contributed by atoms with Gasteiger partial charge in [0.25, 0.3) is 0 Å². The van der Waals surface area contributed by atoms with Gasteiger partial charge in [-0.3, -0.25) is 9.80 Å². The molecule has 214 valence electrons. The summed E-state index contributed by atoms with van der Waals surface area (Å²) in [6.45, 7) is 7.43. The van der Waals surface area contributed by atoms with Crippen molar-refractivity contribution in [3.63, 3.8) is 0 Å². The Bertz CT molecular complexity index is 994. The number of likely N-dealkylation sites (tertiary alicyclic amines) is 1. The summed E-state index contributed by atoms with van der Waals surface area (Å²) in [6, 6.07) is 8.76. The number of alkyl halides is 6. The Morgan fingerprint density at radius 3 is 1.97 bits per heavy atom. The van der Waals surface area contributed by atoms with E-state index in [2.05, 4.69) is 57.3 Å². The monoisotopic (exact) mass is 573 g/mol. The highest BCUT2D eigenvalue weighted by atomic mass is 32.1. The molecule has 4 heterocycles.